The van der Waals surface area contributed by atoms with Gasteiger partial charge in [0, 0.05) is 22.3 Å². The molecule has 2 atom stereocenters. The molecular weight excluding hydrogens is 350 g/mol. The summed E-state index contributed by atoms with van der Waals surface area (Å²) < 4.78 is 0. The van der Waals surface area contributed by atoms with Gasteiger partial charge in [0.05, 0.1) is 5.75 Å². The second-order valence-corrected chi connectivity index (χ2v) is 9.38. The van der Waals surface area contributed by atoms with Crippen molar-refractivity contribution in [1.82, 2.24) is 14.9 Å². The van der Waals surface area contributed by atoms with Crippen LogP contribution in [0.1, 0.15) is 55.8 Å². The van der Waals surface area contributed by atoms with E-state index in [-0.39, 0.29) is 5.91 Å². The molecule has 134 valence electrons. The van der Waals surface area contributed by atoms with E-state index in [1.807, 2.05) is 18.3 Å². The number of amides is 1. The molecule has 2 aliphatic rings. The number of hydrogen-bond donors (Lipinski definition) is 0. The fraction of sp³-hybridized carbons (Fsp3) is 0.632. The maximum atomic E-state index is 12.8. The van der Waals surface area contributed by atoms with E-state index < -0.39 is 0 Å². The minimum atomic E-state index is 0.251. The molecule has 1 amide bonds. The number of aromatic nitrogens is 2. The largest absolute Gasteiger partial charge is 0.337 e. The van der Waals surface area contributed by atoms with Crippen LogP contribution in [-0.4, -0.2) is 38.6 Å². The number of likely N-dealkylation sites (tertiary alicyclic amines) is 1. The number of aryl methyl sites for hydroxylation is 3. The first kappa shape index (κ1) is 17.3. The Morgan fingerprint density at radius 3 is 2.72 bits per heavy atom. The van der Waals surface area contributed by atoms with Crippen LogP contribution in [0.15, 0.2) is 5.03 Å². The standard InChI is InChI=1S/C19H25N3OS2/c1-11-6-4-7-12(2)22(11)16(23)10-24-18-17-14-8-5-9-15(14)25-19(17)21-13(3)20-18/h11-12H,4-10H2,1-3H3/t11-,12+. The molecule has 1 aliphatic carbocycles. The average molecular weight is 376 g/mol. The number of thioether (sulfide) groups is 1. The minimum Gasteiger partial charge on any atom is -0.337 e. The maximum absolute atomic E-state index is 12.8. The summed E-state index contributed by atoms with van der Waals surface area (Å²) in [5, 5.41) is 2.23. The van der Waals surface area contributed by atoms with Gasteiger partial charge in [-0.1, -0.05) is 11.8 Å². The van der Waals surface area contributed by atoms with Crippen LogP contribution in [0.5, 0.6) is 0 Å². The smallest absolute Gasteiger partial charge is 0.233 e. The van der Waals surface area contributed by atoms with Crippen LogP contribution in [0.3, 0.4) is 0 Å². The molecule has 25 heavy (non-hydrogen) atoms. The minimum absolute atomic E-state index is 0.251. The Morgan fingerprint density at radius 2 is 1.96 bits per heavy atom. The first-order valence-corrected chi connectivity index (χ1v) is 11.1. The van der Waals surface area contributed by atoms with Gasteiger partial charge >= 0.3 is 0 Å². The molecule has 4 nitrogen and oxygen atoms in total. The van der Waals surface area contributed by atoms with Crippen molar-refractivity contribution >= 4 is 39.2 Å². The number of carbonyl (C=O) groups is 1. The number of hydrogen-bond acceptors (Lipinski definition) is 5. The van der Waals surface area contributed by atoms with E-state index in [0.29, 0.717) is 17.8 Å². The van der Waals surface area contributed by atoms with Gasteiger partial charge < -0.3 is 4.90 Å². The summed E-state index contributed by atoms with van der Waals surface area (Å²) >= 11 is 3.42. The molecular formula is C19H25N3OS2. The van der Waals surface area contributed by atoms with Crippen molar-refractivity contribution in [2.75, 3.05) is 5.75 Å². The lowest BCUT2D eigenvalue weighted by atomic mass is 9.98. The molecule has 4 rings (SSSR count). The summed E-state index contributed by atoms with van der Waals surface area (Å²) in [4.78, 5) is 26.9. The third-order valence-corrected chi connectivity index (χ3v) is 7.60. The van der Waals surface area contributed by atoms with Crippen LogP contribution in [0.2, 0.25) is 0 Å². The summed E-state index contributed by atoms with van der Waals surface area (Å²) in [5.74, 6) is 1.54. The Morgan fingerprint density at radius 1 is 1.20 bits per heavy atom. The third-order valence-electron chi connectivity index (χ3n) is 5.46. The van der Waals surface area contributed by atoms with E-state index in [1.54, 1.807) is 11.8 Å². The predicted octanol–water partition coefficient (Wildman–Crippen LogP) is 4.37. The Labute approximate surface area is 157 Å². The van der Waals surface area contributed by atoms with E-state index in [1.165, 1.54) is 35.1 Å². The first-order valence-electron chi connectivity index (χ1n) is 9.27. The maximum Gasteiger partial charge on any atom is 0.233 e. The normalized spacial score (nSPS) is 23.2. The zero-order valence-corrected chi connectivity index (χ0v) is 16.8. The van der Waals surface area contributed by atoms with Gasteiger partial charge in [-0.15, -0.1) is 11.3 Å². The van der Waals surface area contributed by atoms with E-state index in [0.717, 1.165) is 34.9 Å². The molecule has 6 heteroatoms. The lowest BCUT2D eigenvalue weighted by Crippen LogP contribution is -2.48. The first-order chi connectivity index (χ1) is 12.0. The Bertz CT molecular complexity index is 807. The molecule has 1 saturated heterocycles. The number of fused-ring (bicyclic) bond motifs is 3. The number of thiophene rings is 1. The van der Waals surface area contributed by atoms with Gasteiger partial charge in [0.2, 0.25) is 5.91 Å². The van der Waals surface area contributed by atoms with Gasteiger partial charge in [-0.25, -0.2) is 9.97 Å². The van der Waals surface area contributed by atoms with E-state index in [4.69, 9.17) is 4.98 Å². The van der Waals surface area contributed by atoms with Crippen molar-refractivity contribution in [1.29, 1.82) is 0 Å². The van der Waals surface area contributed by atoms with Gasteiger partial charge in [0.15, 0.2) is 0 Å². The number of piperidine rings is 1. The van der Waals surface area contributed by atoms with Crippen molar-refractivity contribution in [3.05, 3.63) is 16.3 Å². The van der Waals surface area contributed by atoms with Gasteiger partial charge in [-0.05, 0) is 64.9 Å². The Balaban J connectivity index is 1.57. The highest BCUT2D eigenvalue weighted by Gasteiger charge is 2.29. The van der Waals surface area contributed by atoms with Gasteiger partial charge in [0.25, 0.3) is 0 Å². The number of carbonyl (C=O) groups excluding carboxylic acids is 1. The molecule has 0 bridgehead atoms. The molecule has 3 heterocycles. The van der Waals surface area contributed by atoms with Crippen LogP contribution < -0.4 is 0 Å². The number of nitrogens with zero attached hydrogens (tertiary/aromatic N) is 3. The second kappa shape index (κ2) is 6.88. The summed E-state index contributed by atoms with van der Waals surface area (Å²) in [7, 11) is 0. The van der Waals surface area contributed by atoms with Crippen LogP contribution in [0, 0.1) is 6.92 Å². The molecule has 0 aromatic carbocycles. The monoisotopic (exact) mass is 375 g/mol. The van der Waals surface area contributed by atoms with Crippen molar-refractivity contribution in [2.45, 2.75) is 76.4 Å². The average Bonchev–Trinajstić information content (AvgIpc) is 3.12. The summed E-state index contributed by atoms with van der Waals surface area (Å²) in [6, 6.07) is 0.712. The summed E-state index contributed by atoms with van der Waals surface area (Å²) in [6.45, 7) is 6.30. The van der Waals surface area contributed by atoms with Gasteiger partial charge in [-0.2, -0.15) is 0 Å². The van der Waals surface area contributed by atoms with Crippen LogP contribution in [0.4, 0.5) is 0 Å². The highest BCUT2D eigenvalue weighted by Crippen LogP contribution is 2.40. The summed E-state index contributed by atoms with van der Waals surface area (Å²) in [5.41, 5.74) is 1.44. The van der Waals surface area contributed by atoms with E-state index >= 15 is 0 Å². The van der Waals surface area contributed by atoms with E-state index in [9.17, 15) is 4.79 Å². The van der Waals surface area contributed by atoms with Crippen LogP contribution in [-0.2, 0) is 17.6 Å². The fourth-order valence-electron chi connectivity index (χ4n) is 4.29. The lowest BCUT2D eigenvalue weighted by Gasteiger charge is -2.39. The SMILES string of the molecule is Cc1nc(SCC(=O)N2[C@H](C)CCC[C@@H]2C)c2c3c(sc2n1)CCC3. The molecule has 1 aliphatic heterocycles. The quantitative estimate of drug-likeness (QED) is 0.590. The molecule has 0 unspecified atom stereocenters. The number of rotatable bonds is 3. The van der Waals surface area contributed by atoms with Crippen molar-refractivity contribution in [3.63, 3.8) is 0 Å². The molecule has 1 fully saturated rings. The Hall–Kier alpha value is -1.14. The highest BCUT2D eigenvalue weighted by molar-refractivity contribution is 8.00. The summed E-state index contributed by atoms with van der Waals surface area (Å²) in [6.07, 6.45) is 7.00. The van der Waals surface area contributed by atoms with Gasteiger partial charge in [0.1, 0.15) is 15.7 Å². The van der Waals surface area contributed by atoms with Gasteiger partial charge in [-0.3, -0.25) is 4.79 Å². The van der Waals surface area contributed by atoms with Crippen LogP contribution >= 0.6 is 23.1 Å². The molecule has 0 saturated carbocycles. The molecule has 2 aromatic rings. The van der Waals surface area contributed by atoms with E-state index in [2.05, 4.69) is 23.7 Å². The molecule has 0 spiro atoms. The van der Waals surface area contributed by atoms with Crippen LogP contribution in [0.25, 0.3) is 10.2 Å². The zero-order chi connectivity index (χ0) is 17.6. The van der Waals surface area contributed by atoms with Crippen molar-refractivity contribution in [2.24, 2.45) is 0 Å². The van der Waals surface area contributed by atoms with Crippen molar-refractivity contribution in [3.8, 4) is 0 Å². The second-order valence-electron chi connectivity index (χ2n) is 7.33. The zero-order valence-electron chi connectivity index (χ0n) is 15.2. The topological polar surface area (TPSA) is 46.1 Å². The molecule has 2 aromatic heterocycles. The lowest BCUT2D eigenvalue weighted by molar-refractivity contribution is -0.134. The Kier molecular flexibility index (Phi) is 4.75. The van der Waals surface area contributed by atoms with Crippen molar-refractivity contribution < 1.29 is 4.79 Å². The highest BCUT2D eigenvalue weighted by atomic mass is 32.2. The third kappa shape index (κ3) is 3.19. The molecule has 0 radical (unpaired) electrons. The fourth-order valence-corrected chi connectivity index (χ4v) is 6.63. The molecule has 0 N–H and O–H groups in total. The predicted molar refractivity (Wildman–Crippen MR) is 105 cm³/mol.